The van der Waals surface area contributed by atoms with Gasteiger partial charge in [0.2, 0.25) is 5.91 Å². The second-order valence-corrected chi connectivity index (χ2v) is 6.82. The fourth-order valence-corrected chi connectivity index (χ4v) is 3.56. The van der Waals surface area contributed by atoms with Gasteiger partial charge in [-0.25, -0.2) is 4.98 Å². The van der Waals surface area contributed by atoms with Gasteiger partial charge in [0, 0.05) is 10.9 Å². The molecule has 1 amide bonds. The number of carbonyl (C=O) groups is 1. The largest absolute Gasteiger partial charge is 0.495 e. The van der Waals surface area contributed by atoms with Crippen molar-refractivity contribution in [3.63, 3.8) is 0 Å². The summed E-state index contributed by atoms with van der Waals surface area (Å²) in [6.07, 6.45) is 0.193. The molecule has 0 radical (unpaired) electrons. The third-order valence-electron chi connectivity index (χ3n) is 3.63. The number of rotatable bonds is 5. The van der Waals surface area contributed by atoms with Crippen LogP contribution in [0.2, 0.25) is 5.02 Å². The first-order chi connectivity index (χ1) is 12.1. The molecule has 0 bridgehead atoms. The summed E-state index contributed by atoms with van der Waals surface area (Å²) in [5.74, 6) is 0.494. The van der Waals surface area contributed by atoms with E-state index in [0.29, 0.717) is 22.2 Å². The molecular weight excluding hydrogens is 356 g/mol. The third-order valence-corrected chi connectivity index (χ3v) is 4.88. The van der Waals surface area contributed by atoms with Crippen molar-refractivity contribution in [3.05, 3.63) is 64.1 Å². The summed E-state index contributed by atoms with van der Waals surface area (Å²) in [6, 6.07) is 13.2. The highest BCUT2D eigenvalue weighted by molar-refractivity contribution is 7.13. The topological polar surface area (TPSA) is 51.2 Å². The zero-order valence-electron chi connectivity index (χ0n) is 13.9. The van der Waals surface area contributed by atoms with Crippen LogP contribution in [0.1, 0.15) is 11.3 Å². The maximum Gasteiger partial charge on any atom is 0.230 e. The number of ether oxygens (including phenoxy) is 1. The van der Waals surface area contributed by atoms with Crippen molar-refractivity contribution in [1.82, 2.24) is 4.98 Å². The average molecular weight is 373 g/mol. The van der Waals surface area contributed by atoms with Gasteiger partial charge in [0.15, 0.2) is 0 Å². The highest BCUT2D eigenvalue weighted by Crippen LogP contribution is 2.30. The molecule has 0 unspecified atom stereocenters. The Kier molecular flexibility index (Phi) is 5.36. The van der Waals surface area contributed by atoms with Crippen molar-refractivity contribution >= 4 is 34.5 Å². The van der Waals surface area contributed by atoms with Crippen LogP contribution in [-0.4, -0.2) is 18.0 Å². The summed E-state index contributed by atoms with van der Waals surface area (Å²) >= 11 is 7.68. The summed E-state index contributed by atoms with van der Waals surface area (Å²) in [4.78, 5) is 16.9. The van der Waals surface area contributed by atoms with Crippen molar-refractivity contribution < 1.29 is 9.53 Å². The number of benzene rings is 2. The highest BCUT2D eigenvalue weighted by Gasteiger charge is 2.13. The minimum atomic E-state index is -0.139. The number of aryl methyl sites for hydroxylation is 1. The fourth-order valence-electron chi connectivity index (χ4n) is 2.42. The van der Waals surface area contributed by atoms with Gasteiger partial charge in [-0.1, -0.05) is 35.9 Å². The van der Waals surface area contributed by atoms with E-state index < -0.39 is 0 Å². The molecule has 1 N–H and O–H groups in total. The molecule has 0 saturated heterocycles. The average Bonchev–Trinajstić information content (AvgIpc) is 3.03. The number of halogens is 1. The van der Waals surface area contributed by atoms with E-state index in [-0.39, 0.29) is 12.3 Å². The van der Waals surface area contributed by atoms with E-state index in [0.717, 1.165) is 16.1 Å². The first-order valence-electron chi connectivity index (χ1n) is 7.70. The summed E-state index contributed by atoms with van der Waals surface area (Å²) in [7, 11) is 1.58. The van der Waals surface area contributed by atoms with Crippen molar-refractivity contribution in [1.29, 1.82) is 0 Å². The van der Waals surface area contributed by atoms with Gasteiger partial charge in [-0.3, -0.25) is 4.79 Å². The van der Waals surface area contributed by atoms with E-state index >= 15 is 0 Å². The van der Waals surface area contributed by atoms with Crippen molar-refractivity contribution in [3.8, 4) is 16.3 Å². The molecule has 0 aliphatic carbocycles. The number of nitrogens with one attached hydrogen (secondary N) is 1. The summed E-state index contributed by atoms with van der Waals surface area (Å²) in [5.41, 5.74) is 3.30. The van der Waals surface area contributed by atoms with Crippen LogP contribution >= 0.6 is 22.9 Å². The minimum Gasteiger partial charge on any atom is -0.495 e. The number of thiazole rings is 1. The number of methoxy groups -OCH3 is 1. The molecular formula is C19H17ClN2O2S. The van der Waals surface area contributed by atoms with Gasteiger partial charge >= 0.3 is 0 Å². The van der Waals surface area contributed by atoms with Gasteiger partial charge in [0.1, 0.15) is 10.8 Å². The van der Waals surface area contributed by atoms with Crippen LogP contribution in [0, 0.1) is 6.92 Å². The molecule has 1 aromatic heterocycles. The van der Waals surface area contributed by atoms with Gasteiger partial charge in [-0.15, -0.1) is 11.3 Å². The zero-order valence-corrected chi connectivity index (χ0v) is 15.4. The monoisotopic (exact) mass is 372 g/mol. The SMILES string of the molecule is COc1ccc(C)cc1NC(=O)Cc1csc(-c2ccccc2Cl)n1. The van der Waals surface area contributed by atoms with Crippen LogP contribution in [-0.2, 0) is 11.2 Å². The molecule has 0 aliphatic rings. The molecule has 1 heterocycles. The molecule has 6 heteroatoms. The molecule has 128 valence electrons. The molecule has 25 heavy (non-hydrogen) atoms. The van der Waals surface area contributed by atoms with E-state index in [1.54, 1.807) is 7.11 Å². The molecule has 4 nitrogen and oxygen atoms in total. The number of hydrogen-bond donors (Lipinski definition) is 1. The maximum absolute atomic E-state index is 12.3. The van der Waals surface area contributed by atoms with Crippen LogP contribution in [0.15, 0.2) is 47.8 Å². The number of carbonyl (C=O) groups excluding carboxylic acids is 1. The van der Waals surface area contributed by atoms with Gasteiger partial charge < -0.3 is 10.1 Å². The van der Waals surface area contributed by atoms with E-state index in [2.05, 4.69) is 10.3 Å². The fraction of sp³-hybridized carbons (Fsp3) is 0.158. The molecule has 3 rings (SSSR count). The Balaban J connectivity index is 1.72. The summed E-state index contributed by atoms with van der Waals surface area (Å²) in [6.45, 7) is 1.96. The van der Waals surface area contributed by atoms with Crippen LogP contribution < -0.4 is 10.1 Å². The highest BCUT2D eigenvalue weighted by atomic mass is 35.5. The minimum absolute atomic E-state index is 0.139. The molecule has 0 saturated carbocycles. The zero-order chi connectivity index (χ0) is 17.8. The molecule has 0 spiro atoms. The predicted octanol–water partition coefficient (Wildman–Crippen LogP) is 4.96. The van der Waals surface area contributed by atoms with Crippen LogP contribution in [0.25, 0.3) is 10.6 Å². The van der Waals surface area contributed by atoms with Gasteiger partial charge in [0.05, 0.1) is 29.9 Å². The van der Waals surface area contributed by atoms with E-state index in [4.69, 9.17) is 16.3 Å². The van der Waals surface area contributed by atoms with Crippen LogP contribution in [0.5, 0.6) is 5.75 Å². The lowest BCUT2D eigenvalue weighted by Crippen LogP contribution is -2.15. The van der Waals surface area contributed by atoms with Crippen LogP contribution in [0.3, 0.4) is 0 Å². The Bertz CT molecular complexity index is 908. The van der Waals surface area contributed by atoms with Gasteiger partial charge in [0.25, 0.3) is 0 Å². The first-order valence-corrected chi connectivity index (χ1v) is 8.96. The smallest absolute Gasteiger partial charge is 0.230 e. The van der Waals surface area contributed by atoms with Crippen molar-refractivity contribution in [2.24, 2.45) is 0 Å². The lowest BCUT2D eigenvalue weighted by molar-refractivity contribution is -0.115. The maximum atomic E-state index is 12.3. The Hall–Kier alpha value is -2.37. The van der Waals surface area contributed by atoms with E-state index in [1.165, 1.54) is 11.3 Å². The number of anilines is 1. The molecule has 0 aliphatic heterocycles. The number of hydrogen-bond acceptors (Lipinski definition) is 4. The van der Waals surface area contributed by atoms with Gasteiger partial charge in [-0.05, 0) is 30.7 Å². The molecule has 3 aromatic rings. The molecule has 2 aromatic carbocycles. The summed E-state index contributed by atoms with van der Waals surface area (Å²) in [5, 5.41) is 6.22. The Morgan fingerprint density at radius 3 is 2.84 bits per heavy atom. The normalized spacial score (nSPS) is 10.5. The molecule has 0 atom stereocenters. The molecule has 0 fully saturated rings. The van der Waals surface area contributed by atoms with Crippen LogP contribution in [0.4, 0.5) is 5.69 Å². The lowest BCUT2D eigenvalue weighted by Gasteiger charge is -2.10. The number of amides is 1. The van der Waals surface area contributed by atoms with Crippen molar-refractivity contribution in [2.45, 2.75) is 13.3 Å². The van der Waals surface area contributed by atoms with Gasteiger partial charge in [-0.2, -0.15) is 0 Å². The number of aromatic nitrogens is 1. The van der Waals surface area contributed by atoms with Crippen molar-refractivity contribution in [2.75, 3.05) is 12.4 Å². The van der Waals surface area contributed by atoms with E-state index in [1.807, 2.05) is 54.8 Å². The van der Waals surface area contributed by atoms with E-state index in [9.17, 15) is 4.79 Å². The summed E-state index contributed by atoms with van der Waals surface area (Å²) < 4.78 is 5.28. The predicted molar refractivity (Wildman–Crippen MR) is 103 cm³/mol. The second-order valence-electron chi connectivity index (χ2n) is 5.55. The Morgan fingerprint density at radius 1 is 1.28 bits per heavy atom. The third kappa shape index (κ3) is 4.18. The first kappa shape index (κ1) is 17.5. The Morgan fingerprint density at radius 2 is 2.08 bits per heavy atom. The lowest BCUT2D eigenvalue weighted by atomic mass is 10.2. The second kappa shape index (κ2) is 7.68. The Labute approximate surface area is 155 Å². The number of nitrogens with zero attached hydrogens (tertiary/aromatic N) is 1. The quantitative estimate of drug-likeness (QED) is 0.688. The standard InChI is InChI=1S/C19H17ClN2O2S/c1-12-7-8-17(24-2)16(9-12)22-18(23)10-13-11-25-19(21-13)14-5-3-4-6-15(14)20/h3-9,11H,10H2,1-2H3,(H,22,23).